The summed E-state index contributed by atoms with van der Waals surface area (Å²) in [4.78, 5) is 39.5. The molecule has 0 saturated carbocycles. The van der Waals surface area contributed by atoms with Gasteiger partial charge in [0, 0.05) is 17.8 Å². The summed E-state index contributed by atoms with van der Waals surface area (Å²) in [5.41, 5.74) is 6.88. The molecule has 4 rings (SSSR count). The van der Waals surface area contributed by atoms with E-state index in [1.165, 1.54) is 50.6 Å². The first-order valence-corrected chi connectivity index (χ1v) is 16.0. The molecular weight excluding hydrogens is 624 g/mol. The van der Waals surface area contributed by atoms with Crippen LogP contribution in [0.2, 0.25) is 5.02 Å². The quantitative estimate of drug-likeness (QED) is 0.214. The maximum Gasteiger partial charge on any atom is 0.409 e. The first-order valence-electron chi connectivity index (χ1n) is 14.0. The van der Waals surface area contributed by atoms with E-state index in [9.17, 15) is 27.9 Å². The van der Waals surface area contributed by atoms with E-state index in [4.69, 9.17) is 26.8 Å². The Hall–Kier alpha value is -4.49. The summed E-state index contributed by atoms with van der Waals surface area (Å²) >= 11 is 6.48. The molecule has 3 aromatic carbocycles. The molecule has 3 amide bonds. The Balaban J connectivity index is 1.85. The minimum atomic E-state index is -3.82. The number of methoxy groups -OCH3 is 2. The van der Waals surface area contributed by atoms with Crippen LogP contribution >= 0.6 is 11.6 Å². The number of primary amides is 1. The van der Waals surface area contributed by atoms with Gasteiger partial charge in [-0.2, -0.15) is 0 Å². The lowest BCUT2D eigenvalue weighted by Gasteiger charge is -2.32. The maximum absolute atomic E-state index is 14.6. The van der Waals surface area contributed by atoms with E-state index in [0.29, 0.717) is 42.0 Å². The number of carbonyl (C=O) groups is 3. The fraction of sp³-hybridized carbons (Fsp3) is 0.323. The maximum atomic E-state index is 14.6. The molecule has 3 aromatic rings. The Bertz CT molecular complexity index is 1730. The highest BCUT2D eigenvalue weighted by Crippen LogP contribution is 2.41. The Kier molecular flexibility index (Phi) is 10.1. The molecule has 1 aliphatic rings. The Morgan fingerprint density at radius 3 is 2.36 bits per heavy atom. The predicted molar refractivity (Wildman–Crippen MR) is 170 cm³/mol. The van der Waals surface area contributed by atoms with Gasteiger partial charge in [-0.15, -0.1) is 0 Å². The number of carbonyl (C=O) groups excluding carboxylic acids is 2. The van der Waals surface area contributed by atoms with E-state index in [2.05, 4.69) is 10.6 Å². The third-order valence-electron chi connectivity index (χ3n) is 7.62. The number of carboxylic acid groups (broad SMARTS) is 1. The first-order chi connectivity index (χ1) is 21.3. The van der Waals surface area contributed by atoms with Crippen LogP contribution in [-0.2, 0) is 14.6 Å². The average molecular weight is 659 g/mol. The van der Waals surface area contributed by atoms with Gasteiger partial charge in [0.2, 0.25) is 11.8 Å². The van der Waals surface area contributed by atoms with E-state index >= 15 is 0 Å². The standard InChI is InChI=1S/C31H35ClN4O8S/c1-17(2)45(41,42)27-12-9-20(34-31(39)40)16-21(27)24-6-5-13-36(24)30(38)28(18-8-11-25(43-3)26(15-18)44-4)35-23-14-19(29(33)37)7-10-22(23)32/h7-12,14-17,24,28,34-35H,5-6,13H2,1-4H3,(H2,33,37)(H,39,40). The van der Waals surface area contributed by atoms with Crippen LogP contribution in [0.3, 0.4) is 0 Å². The Morgan fingerprint density at radius 1 is 1.02 bits per heavy atom. The number of likely N-dealkylation sites (tertiary alicyclic amines) is 1. The van der Waals surface area contributed by atoms with Crippen molar-refractivity contribution in [3.63, 3.8) is 0 Å². The number of rotatable bonds is 11. The van der Waals surface area contributed by atoms with E-state index in [1.54, 1.807) is 36.9 Å². The number of benzene rings is 3. The molecular formula is C31H35ClN4O8S. The molecule has 1 fully saturated rings. The fourth-order valence-corrected chi connectivity index (χ4v) is 6.77. The van der Waals surface area contributed by atoms with Crippen LogP contribution in [0.1, 0.15) is 60.3 Å². The summed E-state index contributed by atoms with van der Waals surface area (Å²) in [5.74, 6) is -0.305. The zero-order chi connectivity index (χ0) is 33.1. The molecule has 0 spiro atoms. The average Bonchev–Trinajstić information content (AvgIpc) is 3.49. The molecule has 45 heavy (non-hydrogen) atoms. The number of nitrogens with zero attached hydrogens (tertiary/aromatic N) is 1. The van der Waals surface area contributed by atoms with Gasteiger partial charge < -0.3 is 30.5 Å². The number of sulfone groups is 1. The highest BCUT2D eigenvalue weighted by molar-refractivity contribution is 7.92. The van der Waals surface area contributed by atoms with Gasteiger partial charge in [0.15, 0.2) is 21.3 Å². The lowest BCUT2D eigenvalue weighted by molar-refractivity contribution is -0.133. The second-order valence-corrected chi connectivity index (χ2v) is 13.6. The van der Waals surface area contributed by atoms with Crippen LogP contribution in [0.4, 0.5) is 16.2 Å². The van der Waals surface area contributed by atoms with Crippen LogP contribution in [0.15, 0.2) is 59.5 Å². The molecule has 0 aromatic heterocycles. The van der Waals surface area contributed by atoms with Gasteiger partial charge in [-0.1, -0.05) is 17.7 Å². The van der Waals surface area contributed by atoms with Crippen LogP contribution in [0, 0.1) is 0 Å². The van der Waals surface area contributed by atoms with Crippen molar-refractivity contribution >= 4 is 50.7 Å². The molecule has 2 unspecified atom stereocenters. The second kappa shape index (κ2) is 13.7. The van der Waals surface area contributed by atoms with Crippen LogP contribution in [-0.4, -0.2) is 62.3 Å². The Labute approximate surface area is 266 Å². The first kappa shape index (κ1) is 33.4. The molecule has 2 atom stereocenters. The summed E-state index contributed by atoms with van der Waals surface area (Å²) in [6, 6.07) is 11.8. The molecule has 1 heterocycles. The van der Waals surface area contributed by atoms with Crippen molar-refractivity contribution in [2.75, 3.05) is 31.4 Å². The van der Waals surface area contributed by atoms with Gasteiger partial charge in [-0.25, -0.2) is 13.2 Å². The van der Waals surface area contributed by atoms with Crippen molar-refractivity contribution < 1.29 is 37.4 Å². The molecule has 1 saturated heterocycles. The van der Waals surface area contributed by atoms with Gasteiger partial charge in [0.05, 0.1) is 41.1 Å². The monoisotopic (exact) mass is 658 g/mol. The number of nitrogens with one attached hydrogen (secondary N) is 2. The van der Waals surface area contributed by atoms with Crippen molar-refractivity contribution in [2.45, 2.75) is 48.9 Å². The molecule has 1 aliphatic heterocycles. The van der Waals surface area contributed by atoms with Crippen LogP contribution < -0.4 is 25.8 Å². The van der Waals surface area contributed by atoms with Crippen molar-refractivity contribution in [2.24, 2.45) is 5.73 Å². The van der Waals surface area contributed by atoms with Gasteiger partial charge in [0.1, 0.15) is 6.04 Å². The zero-order valence-corrected chi connectivity index (χ0v) is 26.7. The van der Waals surface area contributed by atoms with Gasteiger partial charge in [-0.05, 0) is 86.3 Å². The second-order valence-electron chi connectivity index (χ2n) is 10.7. The fourth-order valence-electron chi connectivity index (χ4n) is 5.31. The van der Waals surface area contributed by atoms with E-state index in [0.717, 1.165) is 0 Å². The predicted octanol–water partition coefficient (Wildman–Crippen LogP) is 5.25. The molecule has 0 bridgehead atoms. The molecule has 5 N–H and O–H groups in total. The van der Waals surface area contributed by atoms with Crippen LogP contribution in [0.5, 0.6) is 11.5 Å². The smallest absolute Gasteiger partial charge is 0.409 e. The molecule has 240 valence electrons. The highest BCUT2D eigenvalue weighted by Gasteiger charge is 2.38. The summed E-state index contributed by atoms with van der Waals surface area (Å²) in [7, 11) is -0.869. The van der Waals surface area contributed by atoms with Crippen molar-refractivity contribution in [3.8, 4) is 11.5 Å². The SMILES string of the molecule is COc1ccc(C(Nc2cc(C(N)=O)ccc2Cl)C(=O)N2CCCC2c2cc(NC(=O)O)ccc2S(=O)(=O)C(C)C)cc1OC. The molecule has 0 aliphatic carbocycles. The van der Waals surface area contributed by atoms with Gasteiger partial charge >= 0.3 is 6.09 Å². The number of amides is 3. The third kappa shape index (κ3) is 7.10. The number of halogens is 1. The lowest BCUT2D eigenvalue weighted by atomic mass is 10.0. The van der Waals surface area contributed by atoms with Gasteiger partial charge in [0.25, 0.3) is 0 Å². The minimum absolute atomic E-state index is 0.0194. The molecule has 12 nitrogen and oxygen atoms in total. The summed E-state index contributed by atoms with van der Waals surface area (Å²) in [6.07, 6.45) is -0.322. The Morgan fingerprint density at radius 2 is 1.73 bits per heavy atom. The normalized spacial score (nSPS) is 15.4. The van der Waals surface area contributed by atoms with Crippen LogP contribution in [0.25, 0.3) is 0 Å². The number of anilines is 2. The lowest BCUT2D eigenvalue weighted by Crippen LogP contribution is -2.38. The number of nitrogens with two attached hydrogens (primary N) is 1. The third-order valence-corrected chi connectivity index (χ3v) is 10.2. The minimum Gasteiger partial charge on any atom is -0.493 e. The number of ether oxygens (including phenoxy) is 2. The van der Waals surface area contributed by atoms with Gasteiger partial charge in [-0.3, -0.25) is 14.9 Å². The zero-order valence-electron chi connectivity index (χ0n) is 25.2. The largest absolute Gasteiger partial charge is 0.493 e. The van der Waals surface area contributed by atoms with E-state index < -0.39 is 45.1 Å². The van der Waals surface area contributed by atoms with Crippen molar-refractivity contribution in [1.29, 1.82) is 0 Å². The summed E-state index contributed by atoms with van der Waals surface area (Å²) in [6.45, 7) is 3.41. The number of hydrogen-bond acceptors (Lipinski definition) is 8. The van der Waals surface area contributed by atoms with Crippen molar-refractivity contribution in [3.05, 3.63) is 76.3 Å². The highest BCUT2D eigenvalue weighted by atomic mass is 35.5. The molecule has 0 radical (unpaired) electrons. The summed E-state index contributed by atoms with van der Waals surface area (Å²) < 4.78 is 37.7. The van der Waals surface area contributed by atoms with E-state index in [-0.39, 0.29) is 26.9 Å². The summed E-state index contributed by atoms with van der Waals surface area (Å²) in [5, 5.41) is 14.2. The molecule has 14 heteroatoms. The van der Waals surface area contributed by atoms with E-state index in [1.807, 2.05) is 0 Å². The topological polar surface area (TPSA) is 177 Å². The number of hydrogen-bond donors (Lipinski definition) is 4. The van der Waals surface area contributed by atoms with Crippen molar-refractivity contribution in [1.82, 2.24) is 4.90 Å².